The van der Waals surface area contributed by atoms with E-state index in [-0.39, 0.29) is 25.8 Å². The van der Waals surface area contributed by atoms with Gasteiger partial charge in [-0.3, -0.25) is 4.90 Å². The highest BCUT2D eigenvalue weighted by atomic mass is 16.6. The Kier molecular flexibility index (Phi) is 5.96. The van der Waals surface area contributed by atoms with Gasteiger partial charge in [-0.25, -0.2) is 4.79 Å². The Hall–Kier alpha value is -2.73. The molecule has 1 amide bonds. The number of hydrogen-bond donors (Lipinski definition) is 1. The van der Waals surface area contributed by atoms with E-state index in [4.69, 9.17) is 14.2 Å². The van der Waals surface area contributed by atoms with E-state index >= 15 is 0 Å². The molecule has 0 bridgehead atoms. The molecule has 2 aromatic rings. The predicted molar refractivity (Wildman–Crippen MR) is 96.3 cm³/mol. The Balaban J connectivity index is 1.70. The van der Waals surface area contributed by atoms with Crippen LogP contribution in [0.1, 0.15) is 24.1 Å². The lowest BCUT2D eigenvalue weighted by Crippen LogP contribution is -2.36. The molecule has 138 valence electrons. The maximum atomic E-state index is 12.5. The van der Waals surface area contributed by atoms with E-state index < -0.39 is 6.09 Å². The fourth-order valence-electron chi connectivity index (χ4n) is 2.85. The lowest BCUT2D eigenvalue weighted by Gasteiger charge is -2.29. The summed E-state index contributed by atoms with van der Waals surface area (Å²) in [5, 5.41) is 9.36. The quantitative estimate of drug-likeness (QED) is 0.860. The van der Waals surface area contributed by atoms with Crippen molar-refractivity contribution in [2.24, 2.45) is 0 Å². The number of fused-ring (bicyclic) bond motifs is 1. The van der Waals surface area contributed by atoms with E-state index in [9.17, 15) is 9.90 Å². The summed E-state index contributed by atoms with van der Waals surface area (Å²) in [4.78, 5) is 14.1. The molecule has 0 fully saturated rings. The Bertz CT molecular complexity index is 734. The lowest BCUT2D eigenvalue weighted by molar-refractivity contribution is 0.0743. The summed E-state index contributed by atoms with van der Waals surface area (Å²) in [5.74, 6) is 1.37. The van der Waals surface area contributed by atoms with Crippen LogP contribution >= 0.6 is 0 Å². The number of aliphatic hydroxyl groups excluding tert-OH is 1. The Morgan fingerprint density at radius 2 is 1.88 bits per heavy atom. The normalized spacial score (nSPS) is 13.8. The monoisotopic (exact) mass is 357 g/mol. The number of rotatable bonds is 6. The number of amides is 1. The van der Waals surface area contributed by atoms with E-state index in [1.807, 2.05) is 55.5 Å². The first-order chi connectivity index (χ1) is 12.7. The van der Waals surface area contributed by atoms with E-state index in [0.29, 0.717) is 24.7 Å². The minimum absolute atomic E-state index is 0.144. The van der Waals surface area contributed by atoms with Crippen molar-refractivity contribution in [3.63, 3.8) is 0 Å². The average molecular weight is 357 g/mol. The van der Waals surface area contributed by atoms with Crippen molar-refractivity contribution in [3.8, 4) is 11.5 Å². The van der Waals surface area contributed by atoms with Crippen LogP contribution in [-0.4, -0.2) is 42.5 Å². The van der Waals surface area contributed by atoms with Gasteiger partial charge in [0, 0.05) is 6.54 Å². The van der Waals surface area contributed by atoms with Crippen LogP contribution in [0.3, 0.4) is 0 Å². The van der Waals surface area contributed by atoms with Crippen LogP contribution in [0.5, 0.6) is 11.5 Å². The minimum Gasteiger partial charge on any atom is -0.486 e. The molecule has 0 saturated heterocycles. The third-order valence-corrected chi connectivity index (χ3v) is 4.30. The van der Waals surface area contributed by atoms with Crippen LogP contribution in [0.2, 0.25) is 0 Å². The SMILES string of the molecule is CC(c1ccc2c(c1)OCCO2)N(CCO)C(=O)OCc1ccccc1. The van der Waals surface area contributed by atoms with Gasteiger partial charge in [-0.15, -0.1) is 0 Å². The van der Waals surface area contributed by atoms with Crippen LogP contribution in [0.15, 0.2) is 48.5 Å². The molecular weight excluding hydrogens is 334 g/mol. The zero-order valence-electron chi connectivity index (χ0n) is 14.8. The van der Waals surface area contributed by atoms with Crippen LogP contribution in [0.4, 0.5) is 4.79 Å². The van der Waals surface area contributed by atoms with Gasteiger partial charge in [0.2, 0.25) is 0 Å². The third kappa shape index (κ3) is 4.26. The fraction of sp³-hybridized carbons (Fsp3) is 0.350. The number of benzene rings is 2. The van der Waals surface area contributed by atoms with E-state index in [0.717, 1.165) is 11.1 Å². The van der Waals surface area contributed by atoms with E-state index in [1.165, 1.54) is 4.90 Å². The molecule has 6 heteroatoms. The molecule has 26 heavy (non-hydrogen) atoms. The van der Waals surface area contributed by atoms with Crippen LogP contribution in [0, 0.1) is 0 Å². The van der Waals surface area contributed by atoms with Crippen LogP contribution in [-0.2, 0) is 11.3 Å². The van der Waals surface area contributed by atoms with Gasteiger partial charge in [0.15, 0.2) is 11.5 Å². The highest BCUT2D eigenvalue weighted by molar-refractivity contribution is 5.68. The summed E-state index contributed by atoms with van der Waals surface area (Å²) in [6.45, 7) is 3.16. The summed E-state index contributed by atoms with van der Waals surface area (Å²) in [6.07, 6.45) is -0.467. The van der Waals surface area contributed by atoms with Crippen molar-refractivity contribution in [2.75, 3.05) is 26.4 Å². The average Bonchev–Trinajstić information content (AvgIpc) is 2.70. The van der Waals surface area contributed by atoms with Crippen LogP contribution in [0.25, 0.3) is 0 Å². The first kappa shape index (κ1) is 18.1. The molecule has 3 rings (SSSR count). The fourth-order valence-corrected chi connectivity index (χ4v) is 2.85. The van der Waals surface area contributed by atoms with Gasteiger partial charge in [0.25, 0.3) is 0 Å². The smallest absolute Gasteiger partial charge is 0.410 e. The summed E-state index contributed by atoms with van der Waals surface area (Å²) in [5.41, 5.74) is 1.80. The van der Waals surface area contributed by atoms with Gasteiger partial charge in [-0.1, -0.05) is 36.4 Å². The summed E-state index contributed by atoms with van der Waals surface area (Å²) in [6, 6.07) is 14.8. The Morgan fingerprint density at radius 1 is 1.15 bits per heavy atom. The number of hydrogen-bond acceptors (Lipinski definition) is 5. The summed E-state index contributed by atoms with van der Waals surface area (Å²) >= 11 is 0. The molecule has 0 saturated carbocycles. The third-order valence-electron chi connectivity index (χ3n) is 4.30. The topological polar surface area (TPSA) is 68.2 Å². The number of ether oxygens (including phenoxy) is 3. The first-order valence-corrected chi connectivity index (χ1v) is 8.67. The molecule has 1 unspecified atom stereocenters. The number of nitrogens with zero attached hydrogens (tertiary/aromatic N) is 1. The van der Waals surface area contributed by atoms with Crippen molar-refractivity contribution < 1.29 is 24.1 Å². The molecule has 1 N–H and O–H groups in total. The van der Waals surface area contributed by atoms with Crippen molar-refractivity contribution in [1.29, 1.82) is 0 Å². The molecule has 1 aliphatic rings. The summed E-state index contributed by atoms with van der Waals surface area (Å²) < 4.78 is 16.6. The Labute approximate surface area is 152 Å². The van der Waals surface area contributed by atoms with Gasteiger partial charge in [0.05, 0.1) is 12.6 Å². The molecule has 1 heterocycles. The Morgan fingerprint density at radius 3 is 2.62 bits per heavy atom. The van der Waals surface area contributed by atoms with Gasteiger partial charge >= 0.3 is 6.09 Å². The van der Waals surface area contributed by atoms with Crippen molar-refractivity contribution >= 4 is 6.09 Å². The zero-order valence-corrected chi connectivity index (χ0v) is 14.8. The van der Waals surface area contributed by atoms with E-state index in [2.05, 4.69) is 0 Å². The highest BCUT2D eigenvalue weighted by Gasteiger charge is 2.24. The summed E-state index contributed by atoms with van der Waals surface area (Å²) in [7, 11) is 0. The molecule has 0 aromatic heterocycles. The molecule has 0 radical (unpaired) electrons. The number of aliphatic hydroxyl groups is 1. The first-order valence-electron chi connectivity index (χ1n) is 8.67. The zero-order chi connectivity index (χ0) is 18.4. The number of carbonyl (C=O) groups is 1. The second kappa shape index (κ2) is 8.58. The molecule has 1 aliphatic heterocycles. The predicted octanol–water partition coefficient (Wildman–Crippen LogP) is 3.15. The van der Waals surface area contributed by atoms with Gasteiger partial charge < -0.3 is 19.3 Å². The van der Waals surface area contributed by atoms with Gasteiger partial charge in [-0.05, 0) is 30.2 Å². The maximum absolute atomic E-state index is 12.5. The van der Waals surface area contributed by atoms with Gasteiger partial charge in [-0.2, -0.15) is 0 Å². The van der Waals surface area contributed by atoms with Gasteiger partial charge in [0.1, 0.15) is 19.8 Å². The molecule has 0 aliphatic carbocycles. The van der Waals surface area contributed by atoms with Crippen LogP contribution < -0.4 is 9.47 Å². The largest absolute Gasteiger partial charge is 0.486 e. The minimum atomic E-state index is -0.467. The highest BCUT2D eigenvalue weighted by Crippen LogP contribution is 2.34. The standard InChI is InChI=1S/C20H23NO5/c1-15(17-7-8-18-19(13-17)25-12-11-24-18)21(9-10-22)20(23)26-14-16-5-3-2-4-6-16/h2-8,13,15,22H,9-12,14H2,1H3. The molecule has 6 nitrogen and oxygen atoms in total. The second-order valence-electron chi connectivity index (χ2n) is 6.04. The maximum Gasteiger partial charge on any atom is 0.410 e. The van der Waals surface area contributed by atoms with Crippen molar-refractivity contribution in [1.82, 2.24) is 4.90 Å². The van der Waals surface area contributed by atoms with Crippen molar-refractivity contribution in [3.05, 3.63) is 59.7 Å². The van der Waals surface area contributed by atoms with Crippen molar-refractivity contribution in [2.45, 2.75) is 19.6 Å². The number of carbonyl (C=O) groups excluding carboxylic acids is 1. The lowest BCUT2D eigenvalue weighted by atomic mass is 10.1. The molecule has 1 atom stereocenters. The second-order valence-corrected chi connectivity index (χ2v) is 6.04. The molecule has 2 aromatic carbocycles. The molecular formula is C20H23NO5. The van der Waals surface area contributed by atoms with E-state index in [1.54, 1.807) is 0 Å². The molecule has 0 spiro atoms.